The minimum atomic E-state index is 0.157. The Morgan fingerprint density at radius 1 is 1.06 bits per heavy atom. The van der Waals surface area contributed by atoms with Gasteiger partial charge in [0.05, 0.1) is 17.6 Å². The summed E-state index contributed by atoms with van der Waals surface area (Å²) in [5.41, 5.74) is 7.85. The van der Waals surface area contributed by atoms with E-state index in [4.69, 9.17) is 4.74 Å². The predicted octanol–water partition coefficient (Wildman–Crippen LogP) is 5.88. The lowest BCUT2D eigenvalue weighted by Crippen LogP contribution is -2.29. The van der Waals surface area contributed by atoms with Crippen molar-refractivity contribution in [3.63, 3.8) is 0 Å². The summed E-state index contributed by atoms with van der Waals surface area (Å²) in [4.78, 5) is 22.5. The first-order valence-corrected chi connectivity index (χ1v) is 12.2. The van der Waals surface area contributed by atoms with Gasteiger partial charge in [0.15, 0.2) is 0 Å². The van der Waals surface area contributed by atoms with Crippen molar-refractivity contribution in [1.29, 1.82) is 0 Å². The van der Waals surface area contributed by atoms with E-state index in [1.54, 1.807) is 0 Å². The van der Waals surface area contributed by atoms with Gasteiger partial charge in [-0.05, 0) is 66.3 Å². The number of aromatic nitrogens is 2. The van der Waals surface area contributed by atoms with E-state index >= 15 is 0 Å². The number of H-pyrrole nitrogens is 1. The lowest BCUT2D eigenvalue weighted by Gasteiger charge is -2.20. The van der Waals surface area contributed by atoms with Crippen molar-refractivity contribution in [2.75, 3.05) is 20.2 Å². The van der Waals surface area contributed by atoms with Crippen molar-refractivity contribution in [3.8, 4) is 16.9 Å². The van der Waals surface area contributed by atoms with Crippen LogP contribution in [-0.4, -0.2) is 41.0 Å². The molecule has 1 aliphatic rings. The molecule has 0 radical (unpaired) electrons. The van der Waals surface area contributed by atoms with E-state index in [1.165, 1.54) is 5.56 Å². The molecule has 4 aromatic rings. The fourth-order valence-electron chi connectivity index (χ4n) is 4.58. The summed E-state index contributed by atoms with van der Waals surface area (Å²) in [7, 11) is 1.89. The standard InChI is InChI=1S/C30H31N3O2/c1-21-31-27-12-10-25(20-28(27)32-21)24-11-13-29-26(19-24)9-8-23(15-17-35-29)18-30(34)33(2)16-14-22-6-4-3-5-7-22/h3-8,10-13,19-20H,9,14-18H2,1-2H3,(H,31,32)/b23-8+. The second-order valence-electron chi connectivity index (χ2n) is 9.27. The molecule has 0 atom stereocenters. The van der Waals surface area contributed by atoms with Crippen molar-refractivity contribution in [2.45, 2.75) is 32.6 Å². The zero-order chi connectivity index (χ0) is 24.2. The number of imidazole rings is 1. The molecular formula is C30H31N3O2. The van der Waals surface area contributed by atoms with Gasteiger partial charge < -0.3 is 14.6 Å². The number of allylic oxidation sites excluding steroid dienone is 1. The number of rotatable bonds is 6. The molecule has 1 aromatic heterocycles. The van der Waals surface area contributed by atoms with Gasteiger partial charge in [-0.2, -0.15) is 0 Å². The van der Waals surface area contributed by atoms with Crippen molar-refractivity contribution in [2.24, 2.45) is 0 Å². The maximum atomic E-state index is 12.9. The SMILES string of the molecule is Cc1nc2ccc(-c3ccc4c(c3)C/C=C(/CC(=O)N(C)CCc3ccccc3)CCO4)cc2[nH]1. The van der Waals surface area contributed by atoms with Gasteiger partial charge >= 0.3 is 0 Å². The first kappa shape index (κ1) is 22.9. The third-order valence-electron chi connectivity index (χ3n) is 6.67. The summed E-state index contributed by atoms with van der Waals surface area (Å²) >= 11 is 0. The summed E-state index contributed by atoms with van der Waals surface area (Å²) in [6.07, 6.45) is 5.06. The number of likely N-dealkylation sites (N-methyl/N-ethyl adjacent to an activating group) is 1. The summed E-state index contributed by atoms with van der Waals surface area (Å²) in [6.45, 7) is 3.27. The van der Waals surface area contributed by atoms with Crippen LogP contribution in [0.5, 0.6) is 5.75 Å². The molecule has 35 heavy (non-hydrogen) atoms. The highest BCUT2D eigenvalue weighted by Crippen LogP contribution is 2.31. The highest BCUT2D eigenvalue weighted by atomic mass is 16.5. The fraction of sp³-hybridized carbons (Fsp3) is 0.267. The molecule has 0 fully saturated rings. The van der Waals surface area contributed by atoms with Crippen molar-refractivity contribution >= 4 is 16.9 Å². The van der Waals surface area contributed by atoms with Gasteiger partial charge in [-0.15, -0.1) is 0 Å². The average molecular weight is 466 g/mol. The highest BCUT2D eigenvalue weighted by molar-refractivity contribution is 5.82. The second kappa shape index (κ2) is 10.2. The normalized spacial score (nSPS) is 14.9. The van der Waals surface area contributed by atoms with Crippen LogP contribution in [-0.2, 0) is 17.6 Å². The Kier molecular flexibility index (Phi) is 6.66. The molecule has 178 valence electrons. The number of carbonyl (C=O) groups excluding carboxylic acids is 1. The van der Waals surface area contributed by atoms with Gasteiger partial charge in [0, 0.05) is 26.4 Å². The zero-order valence-electron chi connectivity index (χ0n) is 20.4. The predicted molar refractivity (Wildman–Crippen MR) is 141 cm³/mol. The molecule has 2 heterocycles. The molecule has 0 unspecified atom stereocenters. The number of aryl methyl sites for hydroxylation is 1. The van der Waals surface area contributed by atoms with Crippen LogP contribution in [0.1, 0.15) is 29.8 Å². The van der Waals surface area contributed by atoms with Gasteiger partial charge in [-0.3, -0.25) is 4.79 Å². The molecule has 0 bridgehead atoms. The van der Waals surface area contributed by atoms with Crippen LogP contribution in [0.25, 0.3) is 22.2 Å². The van der Waals surface area contributed by atoms with Gasteiger partial charge in [0.25, 0.3) is 0 Å². The maximum absolute atomic E-state index is 12.9. The molecule has 0 saturated carbocycles. The number of carbonyl (C=O) groups is 1. The van der Waals surface area contributed by atoms with E-state index in [0.717, 1.165) is 70.7 Å². The number of nitrogens with zero attached hydrogens (tertiary/aromatic N) is 2. The lowest BCUT2D eigenvalue weighted by molar-refractivity contribution is -0.129. The summed E-state index contributed by atoms with van der Waals surface area (Å²) in [5.74, 6) is 2.00. The fourth-order valence-corrected chi connectivity index (χ4v) is 4.58. The number of benzene rings is 3. The third kappa shape index (κ3) is 5.46. The number of hydrogen-bond acceptors (Lipinski definition) is 3. The molecular weight excluding hydrogens is 434 g/mol. The van der Waals surface area contributed by atoms with Gasteiger partial charge in [0.1, 0.15) is 11.6 Å². The van der Waals surface area contributed by atoms with Crippen molar-refractivity contribution in [3.05, 3.63) is 95.3 Å². The number of nitrogens with one attached hydrogen (secondary N) is 1. The van der Waals surface area contributed by atoms with E-state index < -0.39 is 0 Å². The smallest absolute Gasteiger partial charge is 0.226 e. The largest absolute Gasteiger partial charge is 0.493 e. The Hall–Kier alpha value is -3.86. The number of fused-ring (bicyclic) bond motifs is 2. The van der Waals surface area contributed by atoms with Gasteiger partial charge in [-0.1, -0.05) is 54.1 Å². The Morgan fingerprint density at radius 3 is 2.71 bits per heavy atom. The number of aromatic amines is 1. The number of ether oxygens (including phenoxy) is 1. The molecule has 1 aliphatic heterocycles. The van der Waals surface area contributed by atoms with E-state index in [0.29, 0.717) is 13.0 Å². The Balaban J connectivity index is 1.27. The maximum Gasteiger partial charge on any atom is 0.226 e. The van der Waals surface area contributed by atoms with Crippen LogP contribution in [0.2, 0.25) is 0 Å². The molecule has 1 amide bonds. The molecule has 5 rings (SSSR count). The second-order valence-corrected chi connectivity index (χ2v) is 9.27. The first-order chi connectivity index (χ1) is 17.0. The van der Waals surface area contributed by atoms with Crippen LogP contribution < -0.4 is 4.74 Å². The van der Waals surface area contributed by atoms with Gasteiger partial charge in [0.2, 0.25) is 5.91 Å². The van der Waals surface area contributed by atoms with E-state index in [1.807, 2.05) is 37.1 Å². The monoisotopic (exact) mass is 465 g/mol. The third-order valence-corrected chi connectivity index (χ3v) is 6.67. The molecule has 5 nitrogen and oxygen atoms in total. The minimum Gasteiger partial charge on any atom is -0.493 e. The van der Waals surface area contributed by atoms with Crippen molar-refractivity contribution < 1.29 is 9.53 Å². The first-order valence-electron chi connectivity index (χ1n) is 12.2. The van der Waals surface area contributed by atoms with E-state index in [2.05, 4.69) is 64.6 Å². The Labute approximate surface area is 206 Å². The van der Waals surface area contributed by atoms with Crippen LogP contribution in [0.4, 0.5) is 0 Å². The molecule has 0 spiro atoms. The Bertz CT molecular complexity index is 1370. The zero-order valence-corrected chi connectivity index (χ0v) is 20.4. The molecule has 0 saturated heterocycles. The van der Waals surface area contributed by atoms with Crippen molar-refractivity contribution in [1.82, 2.24) is 14.9 Å². The van der Waals surface area contributed by atoms with Crippen LogP contribution in [0.3, 0.4) is 0 Å². The minimum absolute atomic E-state index is 0.157. The van der Waals surface area contributed by atoms with E-state index in [-0.39, 0.29) is 5.91 Å². The molecule has 3 aromatic carbocycles. The summed E-state index contributed by atoms with van der Waals surface area (Å²) in [5, 5.41) is 0. The van der Waals surface area contributed by atoms with Crippen LogP contribution in [0.15, 0.2) is 78.4 Å². The highest BCUT2D eigenvalue weighted by Gasteiger charge is 2.15. The summed E-state index contributed by atoms with van der Waals surface area (Å²) < 4.78 is 6.09. The number of amides is 1. The molecule has 0 aliphatic carbocycles. The lowest BCUT2D eigenvalue weighted by atomic mass is 9.98. The average Bonchev–Trinajstić information content (AvgIpc) is 3.24. The van der Waals surface area contributed by atoms with E-state index in [9.17, 15) is 4.79 Å². The Morgan fingerprint density at radius 2 is 1.86 bits per heavy atom. The number of hydrogen-bond donors (Lipinski definition) is 1. The molecule has 5 heteroatoms. The topological polar surface area (TPSA) is 58.2 Å². The van der Waals surface area contributed by atoms with Crippen LogP contribution >= 0.6 is 0 Å². The summed E-state index contributed by atoms with van der Waals surface area (Å²) in [6, 6.07) is 23.0. The quantitative estimate of drug-likeness (QED) is 0.362. The van der Waals surface area contributed by atoms with Crippen LogP contribution in [0, 0.1) is 6.92 Å². The van der Waals surface area contributed by atoms with Gasteiger partial charge in [-0.25, -0.2) is 4.98 Å². The molecule has 1 N–H and O–H groups in total.